The fourth-order valence-corrected chi connectivity index (χ4v) is 3.03. The van der Waals surface area contributed by atoms with Gasteiger partial charge in [-0.05, 0) is 39.0 Å². The molecule has 29 heavy (non-hydrogen) atoms. The predicted octanol–water partition coefficient (Wildman–Crippen LogP) is 3.19. The van der Waals surface area contributed by atoms with Crippen LogP contribution in [0.25, 0.3) is 10.8 Å². The Hall–Kier alpha value is -3.48. The number of carbonyl (C=O) groups excluding carboxylic acids is 2. The van der Waals surface area contributed by atoms with Crippen LogP contribution in [0.2, 0.25) is 0 Å². The summed E-state index contributed by atoms with van der Waals surface area (Å²) in [5.74, 6) is -1.12. The number of anilines is 1. The minimum absolute atomic E-state index is 0.0101. The van der Waals surface area contributed by atoms with Gasteiger partial charge in [-0.2, -0.15) is 5.10 Å². The van der Waals surface area contributed by atoms with Crippen molar-refractivity contribution in [2.75, 3.05) is 11.9 Å². The van der Waals surface area contributed by atoms with Crippen molar-refractivity contribution in [1.82, 2.24) is 9.78 Å². The van der Waals surface area contributed by atoms with Gasteiger partial charge in [-0.15, -0.1) is 0 Å². The normalized spacial score (nSPS) is 12.0. The van der Waals surface area contributed by atoms with E-state index in [1.807, 2.05) is 18.2 Å². The number of hydrogen-bond donors (Lipinski definition) is 0. The summed E-state index contributed by atoms with van der Waals surface area (Å²) in [5.41, 5.74) is 0.424. The molecular weight excluding hydrogens is 370 g/mol. The first-order valence-electron chi connectivity index (χ1n) is 9.36. The van der Waals surface area contributed by atoms with Gasteiger partial charge >= 0.3 is 5.97 Å². The van der Waals surface area contributed by atoms with Crippen molar-refractivity contribution in [3.8, 4) is 0 Å². The molecule has 1 amide bonds. The maximum Gasteiger partial charge on any atom is 0.360 e. The summed E-state index contributed by atoms with van der Waals surface area (Å²) in [6.07, 6.45) is -1.02. The van der Waals surface area contributed by atoms with Crippen molar-refractivity contribution in [2.24, 2.45) is 0 Å². The van der Waals surface area contributed by atoms with E-state index in [1.54, 1.807) is 57.3 Å². The Labute approximate surface area is 168 Å². The Morgan fingerprint density at radius 1 is 0.966 bits per heavy atom. The molecular formula is C22H23N3O4. The first-order chi connectivity index (χ1) is 13.8. The van der Waals surface area contributed by atoms with Gasteiger partial charge in [-0.3, -0.25) is 9.59 Å². The summed E-state index contributed by atoms with van der Waals surface area (Å²) in [5, 5.41) is 5.00. The van der Waals surface area contributed by atoms with Crippen molar-refractivity contribution in [3.05, 3.63) is 70.6 Å². The van der Waals surface area contributed by atoms with Gasteiger partial charge in [-0.25, -0.2) is 9.48 Å². The molecule has 0 saturated heterocycles. The van der Waals surface area contributed by atoms with Crippen LogP contribution >= 0.6 is 0 Å². The number of aromatic nitrogens is 2. The molecule has 1 heterocycles. The van der Waals surface area contributed by atoms with E-state index in [0.29, 0.717) is 16.5 Å². The minimum Gasteiger partial charge on any atom is -0.448 e. The molecule has 0 aliphatic heterocycles. The van der Waals surface area contributed by atoms with Gasteiger partial charge in [-0.1, -0.05) is 36.4 Å². The second-order valence-corrected chi connectivity index (χ2v) is 7.02. The van der Waals surface area contributed by atoms with E-state index in [-0.39, 0.29) is 23.2 Å². The first-order valence-corrected chi connectivity index (χ1v) is 9.36. The van der Waals surface area contributed by atoms with Crippen molar-refractivity contribution in [1.29, 1.82) is 0 Å². The number of amides is 1. The fourth-order valence-electron chi connectivity index (χ4n) is 3.03. The molecule has 0 N–H and O–H groups in total. The Morgan fingerprint density at radius 2 is 1.55 bits per heavy atom. The van der Waals surface area contributed by atoms with Crippen molar-refractivity contribution in [2.45, 2.75) is 32.9 Å². The smallest absolute Gasteiger partial charge is 0.360 e. The summed E-state index contributed by atoms with van der Waals surface area (Å²) in [4.78, 5) is 39.6. The van der Waals surface area contributed by atoms with Gasteiger partial charge in [0.15, 0.2) is 11.8 Å². The number of likely N-dealkylation sites (N-methyl/N-ethyl adjacent to an activating group) is 1. The molecule has 1 aromatic heterocycles. The third-order valence-corrected chi connectivity index (χ3v) is 4.62. The van der Waals surface area contributed by atoms with Crippen molar-refractivity contribution in [3.63, 3.8) is 0 Å². The largest absolute Gasteiger partial charge is 0.448 e. The van der Waals surface area contributed by atoms with Gasteiger partial charge in [0.2, 0.25) is 0 Å². The third kappa shape index (κ3) is 4.03. The zero-order valence-electron chi connectivity index (χ0n) is 16.8. The van der Waals surface area contributed by atoms with Crippen LogP contribution in [0.15, 0.2) is 59.4 Å². The molecule has 0 radical (unpaired) electrons. The monoisotopic (exact) mass is 393 g/mol. The quantitative estimate of drug-likeness (QED) is 0.622. The Balaban J connectivity index is 1.91. The summed E-state index contributed by atoms with van der Waals surface area (Å²) in [6, 6.07) is 15.6. The average Bonchev–Trinajstić information content (AvgIpc) is 2.73. The van der Waals surface area contributed by atoms with Crippen LogP contribution in [-0.4, -0.2) is 34.8 Å². The molecule has 0 aliphatic carbocycles. The fraction of sp³-hybridized carbons (Fsp3) is 0.273. The average molecular weight is 393 g/mol. The van der Waals surface area contributed by atoms with E-state index in [9.17, 15) is 14.4 Å². The topological polar surface area (TPSA) is 81.5 Å². The van der Waals surface area contributed by atoms with Crippen LogP contribution in [0.4, 0.5) is 5.69 Å². The van der Waals surface area contributed by atoms with E-state index < -0.39 is 12.1 Å². The van der Waals surface area contributed by atoms with E-state index in [1.165, 1.54) is 16.5 Å². The van der Waals surface area contributed by atoms with E-state index in [2.05, 4.69) is 5.10 Å². The van der Waals surface area contributed by atoms with Gasteiger partial charge in [0.25, 0.3) is 11.5 Å². The van der Waals surface area contributed by atoms with Crippen molar-refractivity contribution < 1.29 is 14.3 Å². The van der Waals surface area contributed by atoms with Gasteiger partial charge < -0.3 is 9.64 Å². The number of ether oxygens (including phenoxy) is 1. The molecule has 0 saturated carbocycles. The lowest BCUT2D eigenvalue weighted by Gasteiger charge is -2.21. The lowest BCUT2D eigenvalue weighted by atomic mass is 10.1. The maximum absolute atomic E-state index is 12.8. The minimum atomic E-state index is -1.02. The molecule has 0 fully saturated rings. The number of fused-ring (bicyclic) bond motifs is 1. The van der Waals surface area contributed by atoms with E-state index in [4.69, 9.17) is 4.74 Å². The Morgan fingerprint density at radius 3 is 2.17 bits per heavy atom. The molecule has 0 aliphatic rings. The summed E-state index contributed by atoms with van der Waals surface area (Å²) >= 11 is 0. The van der Waals surface area contributed by atoms with Crippen molar-refractivity contribution >= 4 is 28.3 Å². The number of para-hydroxylation sites is 1. The summed E-state index contributed by atoms with van der Waals surface area (Å²) in [6.45, 7) is 5.12. The highest BCUT2D eigenvalue weighted by atomic mass is 16.5. The second kappa shape index (κ2) is 8.26. The zero-order valence-corrected chi connectivity index (χ0v) is 16.8. The van der Waals surface area contributed by atoms with Crippen LogP contribution in [0.1, 0.15) is 37.3 Å². The molecule has 0 bridgehead atoms. The molecule has 150 valence electrons. The number of nitrogens with zero attached hydrogens (tertiary/aromatic N) is 3. The van der Waals surface area contributed by atoms with Crippen LogP contribution in [0, 0.1) is 0 Å². The van der Waals surface area contributed by atoms with Gasteiger partial charge in [0.05, 0.1) is 11.4 Å². The molecule has 3 aromatic rings. The standard InChI is InChI=1S/C22H23N3O4/c1-14(2)25-21(27)18-13-9-8-12-17(18)19(23-25)22(28)29-15(3)20(26)24(4)16-10-6-5-7-11-16/h5-15H,1-4H3/t15-/m1/s1. The zero-order chi connectivity index (χ0) is 21.1. The highest BCUT2D eigenvalue weighted by Crippen LogP contribution is 2.18. The molecule has 7 nitrogen and oxygen atoms in total. The summed E-state index contributed by atoms with van der Waals surface area (Å²) < 4.78 is 6.67. The number of hydrogen-bond acceptors (Lipinski definition) is 5. The highest BCUT2D eigenvalue weighted by Gasteiger charge is 2.26. The number of esters is 1. The van der Waals surface area contributed by atoms with Crippen LogP contribution < -0.4 is 10.5 Å². The number of rotatable bonds is 5. The first kappa shape index (κ1) is 20.3. The lowest BCUT2D eigenvalue weighted by molar-refractivity contribution is -0.126. The molecule has 0 spiro atoms. The predicted molar refractivity (Wildman–Crippen MR) is 111 cm³/mol. The van der Waals surface area contributed by atoms with Crippen LogP contribution in [0.3, 0.4) is 0 Å². The maximum atomic E-state index is 12.8. The highest BCUT2D eigenvalue weighted by molar-refractivity contribution is 6.04. The molecule has 3 rings (SSSR count). The molecule has 0 unspecified atom stereocenters. The third-order valence-electron chi connectivity index (χ3n) is 4.62. The van der Waals surface area contributed by atoms with E-state index in [0.717, 1.165) is 0 Å². The van der Waals surface area contributed by atoms with Crippen LogP contribution in [0.5, 0.6) is 0 Å². The van der Waals surface area contributed by atoms with Gasteiger partial charge in [0.1, 0.15) is 0 Å². The molecule has 1 atom stereocenters. The van der Waals surface area contributed by atoms with Crippen LogP contribution in [-0.2, 0) is 9.53 Å². The lowest BCUT2D eigenvalue weighted by Crippen LogP contribution is -2.38. The van der Waals surface area contributed by atoms with Gasteiger partial charge in [0, 0.05) is 18.1 Å². The Kier molecular flexibility index (Phi) is 5.77. The second-order valence-electron chi connectivity index (χ2n) is 7.02. The summed E-state index contributed by atoms with van der Waals surface area (Å²) in [7, 11) is 1.62. The Bertz CT molecular complexity index is 1110. The number of benzene rings is 2. The number of carbonyl (C=O) groups is 2. The SMILES string of the molecule is CC(C)n1nc(C(=O)O[C@H](C)C(=O)N(C)c2ccccc2)c2ccccc2c1=O. The molecule has 7 heteroatoms. The molecule has 2 aromatic carbocycles. The van der Waals surface area contributed by atoms with E-state index >= 15 is 0 Å².